The third-order valence-electron chi connectivity index (χ3n) is 4.70. The zero-order valence-electron chi connectivity index (χ0n) is 14.2. The highest BCUT2D eigenvalue weighted by molar-refractivity contribution is 6.74. The lowest BCUT2D eigenvalue weighted by Gasteiger charge is -2.36. The van der Waals surface area contributed by atoms with Crippen LogP contribution in [0.25, 0.3) is 0 Å². The lowest BCUT2D eigenvalue weighted by molar-refractivity contribution is -0.0258. The molecule has 0 aromatic heterocycles. The molecular formula is C15H34O4Si. The molecule has 0 amide bonds. The van der Waals surface area contributed by atoms with Gasteiger partial charge in [-0.3, -0.25) is 0 Å². The molecule has 0 unspecified atom stereocenters. The molecule has 0 heterocycles. The summed E-state index contributed by atoms with van der Waals surface area (Å²) in [6.45, 7) is 15.0. The Balaban J connectivity index is 4.27. The summed E-state index contributed by atoms with van der Waals surface area (Å²) >= 11 is 0. The second kappa shape index (κ2) is 7.89. The number of aliphatic hydroxyl groups is 3. The summed E-state index contributed by atoms with van der Waals surface area (Å²) in [6.07, 6.45) is -0.783. The Morgan fingerprint density at radius 2 is 1.60 bits per heavy atom. The van der Waals surface area contributed by atoms with Crippen molar-refractivity contribution in [2.24, 2.45) is 11.8 Å². The quantitative estimate of drug-likeness (QED) is 0.602. The highest BCUT2D eigenvalue weighted by Crippen LogP contribution is 2.36. The Bertz CT molecular complexity index is 276. The fourth-order valence-electron chi connectivity index (χ4n) is 1.77. The Labute approximate surface area is 125 Å². The van der Waals surface area contributed by atoms with Gasteiger partial charge in [0.05, 0.1) is 12.2 Å². The van der Waals surface area contributed by atoms with E-state index in [1.807, 2.05) is 6.92 Å². The highest BCUT2D eigenvalue weighted by atomic mass is 28.4. The standard InChI is InChI=1S/C15H34O4Si/c1-11(10-16)14(18)12(2)13(17)8-9-19-20(6,7)15(3,4)5/h11-14,16-18H,8-10H2,1-7H3/t11-,12-,13-,14+/m0/s1. The van der Waals surface area contributed by atoms with E-state index in [-0.39, 0.29) is 23.5 Å². The molecule has 0 saturated carbocycles. The van der Waals surface area contributed by atoms with Gasteiger partial charge in [-0.25, -0.2) is 0 Å². The van der Waals surface area contributed by atoms with Crippen molar-refractivity contribution in [1.29, 1.82) is 0 Å². The van der Waals surface area contributed by atoms with E-state index in [0.29, 0.717) is 13.0 Å². The minimum Gasteiger partial charge on any atom is -0.417 e. The summed E-state index contributed by atoms with van der Waals surface area (Å²) in [5.74, 6) is -0.485. The third kappa shape index (κ3) is 5.82. The molecule has 0 aliphatic heterocycles. The molecule has 0 bridgehead atoms. The summed E-state index contributed by atoms with van der Waals surface area (Å²) in [5, 5.41) is 29.3. The molecule has 0 aliphatic carbocycles. The Hall–Kier alpha value is 0.0569. The molecule has 0 radical (unpaired) electrons. The molecule has 122 valence electrons. The van der Waals surface area contributed by atoms with Crippen LogP contribution in [0.4, 0.5) is 0 Å². The zero-order valence-corrected chi connectivity index (χ0v) is 15.2. The number of hydrogen-bond acceptors (Lipinski definition) is 4. The van der Waals surface area contributed by atoms with Crippen LogP contribution in [0.5, 0.6) is 0 Å². The van der Waals surface area contributed by atoms with E-state index in [1.54, 1.807) is 6.92 Å². The van der Waals surface area contributed by atoms with E-state index in [1.165, 1.54) is 0 Å². The van der Waals surface area contributed by atoms with Crippen LogP contribution in [0.2, 0.25) is 18.1 Å². The minimum absolute atomic E-state index is 0.0707. The van der Waals surface area contributed by atoms with Gasteiger partial charge in [-0.05, 0) is 24.6 Å². The van der Waals surface area contributed by atoms with Crippen LogP contribution in [-0.4, -0.2) is 49.1 Å². The van der Waals surface area contributed by atoms with Gasteiger partial charge in [-0.1, -0.05) is 34.6 Å². The first kappa shape index (κ1) is 20.1. The van der Waals surface area contributed by atoms with Gasteiger partial charge in [0.25, 0.3) is 0 Å². The van der Waals surface area contributed by atoms with E-state index in [4.69, 9.17) is 9.53 Å². The Morgan fingerprint density at radius 3 is 2.00 bits per heavy atom. The van der Waals surface area contributed by atoms with Gasteiger partial charge in [-0.15, -0.1) is 0 Å². The van der Waals surface area contributed by atoms with Gasteiger partial charge in [0.15, 0.2) is 8.32 Å². The summed E-state index contributed by atoms with van der Waals surface area (Å²) in [7, 11) is -1.78. The van der Waals surface area contributed by atoms with Crippen molar-refractivity contribution in [3.8, 4) is 0 Å². The van der Waals surface area contributed by atoms with Gasteiger partial charge < -0.3 is 19.7 Å². The van der Waals surface area contributed by atoms with Crippen molar-refractivity contribution in [2.45, 2.75) is 71.4 Å². The van der Waals surface area contributed by atoms with Gasteiger partial charge in [0, 0.05) is 25.0 Å². The van der Waals surface area contributed by atoms with Crippen LogP contribution in [0, 0.1) is 11.8 Å². The van der Waals surface area contributed by atoms with Gasteiger partial charge in [-0.2, -0.15) is 0 Å². The topological polar surface area (TPSA) is 69.9 Å². The van der Waals surface area contributed by atoms with Gasteiger partial charge in [0.1, 0.15) is 0 Å². The Kier molecular flexibility index (Phi) is 7.92. The molecule has 4 atom stereocenters. The molecular weight excluding hydrogens is 272 g/mol. The number of rotatable bonds is 8. The predicted octanol–water partition coefficient (Wildman–Crippen LogP) is 2.38. The van der Waals surface area contributed by atoms with Gasteiger partial charge in [0.2, 0.25) is 0 Å². The summed E-state index contributed by atoms with van der Waals surface area (Å²) in [4.78, 5) is 0. The van der Waals surface area contributed by atoms with Crippen LogP contribution in [0.15, 0.2) is 0 Å². The highest BCUT2D eigenvalue weighted by Gasteiger charge is 2.37. The van der Waals surface area contributed by atoms with Crippen LogP contribution >= 0.6 is 0 Å². The minimum atomic E-state index is -1.78. The maximum Gasteiger partial charge on any atom is 0.191 e. The van der Waals surface area contributed by atoms with Crippen molar-refractivity contribution in [3.63, 3.8) is 0 Å². The van der Waals surface area contributed by atoms with E-state index >= 15 is 0 Å². The Morgan fingerprint density at radius 1 is 1.10 bits per heavy atom. The molecule has 3 N–H and O–H groups in total. The molecule has 0 saturated heterocycles. The zero-order chi connectivity index (χ0) is 16.1. The predicted molar refractivity (Wildman–Crippen MR) is 85.2 cm³/mol. The van der Waals surface area contributed by atoms with Crippen LogP contribution in [0.3, 0.4) is 0 Å². The van der Waals surface area contributed by atoms with Crippen molar-refractivity contribution in [1.82, 2.24) is 0 Å². The number of hydrogen-bond donors (Lipinski definition) is 3. The molecule has 0 aromatic carbocycles. The molecule has 20 heavy (non-hydrogen) atoms. The first-order chi connectivity index (χ1) is 8.94. The molecule has 5 heteroatoms. The lowest BCUT2D eigenvalue weighted by Crippen LogP contribution is -2.42. The fourth-order valence-corrected chi connectivity index (χ4v) is 2.83. The van der Waals surface area contributed by atoms with Crippen molar-refractivity contribution in [2.75, 3.05) is 13.2 Å². The second-order valence-corrected chi connectivity index (χ2v) is 12.3. The van der Waals surface area contributed by atoms with E-state index in [2.05, 4.69) is 33.9 Å². The molecule has 0 aliphatic rings. The second-order valence-electron chi connectivity index (χ2n) is 7.47. The van der Waals surface area contributed by atoms with Crippen LogP contribution in [-0.2, 0) is 4.43 Å². The average Bonchev–Trinajstić information content (AvgIpc) is 2.34. The maximum atomic E-state index is 10.1. The molecule has 0 rings (SSSR count). The first-order valence-electron chi connectivity index (χ1n) is 7.55. The summed E-state index contributed by atoms with van der Waals surface area (Å²) < 4.78 is 6.03. The third-order valence-corrected chi connectivity index (χ3v) is 9.24. The summed E-state index contributed by atoms with van der Waals surface area (Å²) in [6, 6.07) is 0. The monoisotopic (exact) mass is 306 g/mol. The van der Waals surface area contributed by atoms with Crippen molar-refractivity contribution < 1.29 is 19.7 Å². The SMILES string of the molecule is C[C@H]([C@H](O)[C@@H](C)CO)[C@@H](O)CCO[Si](C)(C)C(C)(C)C. The van der Waals surface area contributed by atoms with Crippen molar-refractivity contribution in [3.05, 3.63) is 0 Å². The lowest BCUT2D eigenvalue weighted by atomic mass is 9.88. The molecule has 0 spiro atoms. The molecule has 4 nitrogen and oxygen atoms in total. The van der Waals surface area contributed by atoms with E-state index in [0.717, 1.165) is 0 Å². The molecule has 0 aromatic rings. The van der Waals surface area contributed by atoms with Gasteiger partial charge >= 0.3 is 0 Å². The smallest absolute Gasteiger partial charge is 0.191 e. The summed E-state index contributed by atoms with van der Waals surface area (Å²) in [5.41, 5.74) is 0. The van der Waals surface area contributed by atoms with Crippen LogP contribution < -0.4 is 0 Å². The first-order valence-corrected chi connectivity index (χ1v) is 10.5. The van der Waals surface area contributed by atoms with E-state index in [9.17, 15) is 10.2 Å². The van der Waals surface area contributed by atoms with Crippen LogP contribution in [0.1, 0.15) is 41.0 Å². The van der Waals surface area contributed by atoms with Crippen molar-refractivity contribution >= 4 is 8.32 Å². The molecule has 0 fully saturated rings. The maximum absolute atomic E-state index is 10.1. The largest absolute Gasteiger partial charge is 0.417 e. The average molecular weight is 307 g/mol. The van der Waals surface area contributed by atoms with E-state index < -0.39 is 20.5 Å². The number of aliphatic hydroxyl groups excluding tert-OH is 3. The fraction of sp³-hybridized carbons (Fsp3) is 1.00. The normalized spacial score (nSPS) is 19.5.